The van der Waals surface area contributed by atoms with Gasteiger partial charge in [-0.1, -0.05) is 61.8 Å². The van der Waals surface area contributed by atoms with Crippen molar-refractivity contribution in [3.63, 3.8) is 0 Å². The van der Waals surface area contributed by atoms with Crippen LogP contribution in [-0.2, 0) is 17.8 Å². The van der Waals surface area contributed by atoms with Gasteiger partial charge in [0.1, 0.15) is 11.6 Å². The number of hydrogen-bond donors (Lipinski definition) is 1. The molecule has 0 aliphatic heterocycles. The van der Waals surface area contributed by atoms with Crippen molar-refractivity contribution >= 4 is 28.5 Å². The van der Waals surface area contributed by atoms with Gasteiger partial charge >= 0.3 is 0 Å². The molecular formula is C29H32ClN3O2. The van der Waals surface area contributed by atoms with Gasteiger partial charge in [-0.3, -0.25) is 4.79 Å². The Labute approximate surface area is 212 Å². The molecule has 4 aromatic rings. The summed E-state index contributed by atoms with van der Waals surface area (Å²) < 4.78 is 8.17. The van der Waals surface area contributed by atoms with Gasteiger partial charge in [0.2, 0.25) is 5.91 Å². The van der Waals surface area contributed by atoms with Gasteiger partial charge < -0.3 is 14.6 Å². The van der Waals surface area contributed by atoms with Crippen molar-refractivity contribution in [2.45, 2.75) is 52.1 Å². The number of nitrogens with zero attached hydrogens (tertiary/aromatic N) is 2. The van der Waals surface area contributed by atoms with E-state index in [1.165, 1.54) is 5.56 Å². The lowest BCUT2D eigenvalue weighted by molar-refractivity contribution is -0.121. The Balaban J connectivity index is 1.40. The van der Waals surface area contributed by atoms with E-state index in [1.54, 1.807) is 12.1 Å². The second-order valence-corrected chi connectivity index (χ2v) is 9.56. The second kappa shape index (κ2) is 11.4. The summed E-state index contributed by atoms with van der Waals surface area (Å²) in [5.74, 6) is 2.18. The van der Waals surface area contributed by atoms with Crippen LogP contribution >= 0.6 is 11.6 Å². The minimum Gasteiger partial charge on any atom is -0.494 e. The summed E-state index contributed by atoms with van der Waals surface area (Å²) in [5, 5.41) is 3.76. The topological polar surface area (TPSA) is 56.1 Å². The first kappa shape index (κ1) is 24.8. The number of carbonyl (C=O) groups is 1. The van der Waals surface area contributed by atoms with E-state index in [4.69, 9.17) is 21.3 Å². The predicted octanol–water partition coefficient (Wildman–Crippen LogP) is 6.70. The van der Waals surface area contributed by atoms with E-state index in [-0.39, 0.29) is 11.9 Å². The highest BCUT2D eigenvalue weighted by Gasteiger charge is 2.18. The zero-order valence-electron chi connectivity index (χ0n) is 20.5. The minimum atomic E-state index is -0.230. The maximum Gasteiger partial charge on any atom is 0.224 e. The zero-order chi connectivity index (χ0) is 24.8. The highest BCUT2D eigenvalue weighted by molar-refractivity contribution is 6.30. The van der Waals surface area contributed by atoms with Crippen molar-refractivity contribution in [3.05, 3.63) is 94.8 Å². The fourth-order valence-corrected chi connectivity index (χ4v) is 4.29. The Hall–Kier alpha value is -3.31. The number of nitrogens with one attached hydrogen (secondary N) is 1. The van der Waals surface area contributed by atoms with Crippen molar-refractivity contribution in [2.75, 3.05) is 6.61 Å². The molecule has 0 aliphatic carbocycles. The summed E-state index contributed by atoms with van der Waals surface area (Å²) in [5.41, 5.74) is 4.21. The van der Waals surface area contributed by atoms with Gasteiger partial charge in [-0.05, 0) is 66.8 Å². The molecule has 0 saturated heterocycles. The third-order valence-corrected chi connectivity index (χ3v) is 6.32. The number of para-hydroxylation sites is 2. The Morgan fingerprint density at radius 3 is 2.43 bits per heavy atom. The summed E-state index contributed by atoms with van der Waals surface area (Å²) in [6.07, 6.45) is 1.12. The number of halogens is 1. The average Bonchev–Trinajstić information content (AvgIpc) is 3.22. The lowest BCUT2D eigenvalue weighted by atomic mass is 10.0. The van der Waals surface area contributed by atoms with Crippen molar-refractivity contribution in [2.24, 2.45) is 0 Å². The van der Waals surface area contributed by atoms with Gasteiger partial charge in [0.25, 0.3) is 0 Å². The molecule has 1 atom stereocenters. The second-order valence-electron chi connectivity index (χ2n) is 9.13. The quantitative estimate of drug-likeness (QED) is 0.252. The van der Waals surface area contributed by atoms with E-state index in [0.29, 0.717) is 24.0 Å². The average molecular weight is 490 g/mol. The molecule has 1 unspecified atom stereocenters. The number of aryl methyl sites for hydroxylation is 1. The first-order valence-electron chi connectivity index (χ1n) is 12.1. The van der Waals surface area contributed by atoms with Crippen LogP contribution in [0.15, 0.2) is 72.8 Å². The SMILES string of the molecule is CC(C)c1ccc(OCCCn2c(C(C)NC(=O)Cc3ccc(Cl)cc3)nc3ccccc32)cc1. The zero-order valence-corrected chi connectivity index (χ0v) is 21.3. The minimum absolute atomic E-state index is 0.0494. The lowest BCUT2D eigenvalue weighted by Gasteiger charge is -2.17. The number of imidazole rings is 1. The molecule has 0 aliphatic rings. The maximum absolute atomic E-state index is 12.7. The fourth-order valence-electron chi connectivity index (χ4n) is 4.17. The van der Waals surface area contributed by atoms with Crippen molar-refractivity contribution in [3.8, 4) is 5.75 Å². The molecule has 4 rings (SSSR count). The van der Waals surface area contributed by atoms with Gasteiger partial charge in [-0.15, -0.1) is 0 Å². The van der Waals surface area contributed by atoms with E-state index in [0.717, 1.165) is 41.1 Å². The van der Waals surface area contributed by atoms with E-state index in [1.807, 2.05) is 49.4 Å². The molecule has 35 heavy (non-hydrogen) atoms. The molecule has 0 saturated carbocycles. The Morgan fingerprint density at radius 2 is 1.71 bits per heavy atom. The maximum atomic E-state index is 12.7. The van der Waals surface area contributed by atoms with Gasteiger partial charge in [-0.25, -0.2) is 4.98 Å². The molecule has 0 radical (unpaired) electrons. The predicted molar refractivity (Wildman–Crippen MR) is 142 cm³/mol. The monoisotopic (exact) mass is 489 g/mol. The summed E-state index contributed by atoms with van der Waals surface area (Å²) in [6.45, 7) is 7.69. The van der Waals surface area contributed by atoms with Crippen molar-refractivity contribution < 1.29 is 9.53 Å². The molecule has 0 fully saturated rings. The highest BCUT2D eigenvalue weighted by Crippen LogP contribution is 2.22. The van der Waals surface area contributed by atoms with Crippen LogP contribution in [0.5, 0.6) is 5.75 Å². The van der Waals surface area contributed by atoms with Crippen LogP contribution in [0.4, 0.5) is 0 Å². The number of ether oxygens (including phenoxy) is 1. The third kappa shape index (κ3) is 6.43. The van der Waals surface area contributed by atoms with Crippen LogP contribution in [0.3, 0.4) is 0 Å². The molecule has 1 N–H and O–H groups in total. The van der Waals surface area contributed by atoms with Crippen molar-refractivity contribution in [1.29, 1.82) is 0 Å². The van der Waals surface area contributed by atoms with Crippen LogP contribution in [0, 0.1) is 0 Å². The van der Waals surface area contributed by atoms with Crippen molar-refractivity contribution in [1.82, 2.24) is 14.9 Å². The first-order chi connectivity index (χ1) is 16.9. The first-order valence-corrected chi connectivity index (χ1v) is 12.5. The van der Waals surface area contributed by atoms with Gasteiger partial charge in [0, 0.05) is 11.6 Å². The van der Waals surface area contributed by atoms with E-state index in [9.17, 15) is 4.79 Å². The van der Waals surface area contributed by atoms with Crippen LogP contribution in [-0.4, -0.2) is 22.1 Å². The molecule has 3 aromatic carbocycles. The van der Waals surface area contributed by atoms with Gasteiger partial charge in [0.05, 0.1) is 30.1 Å². The van der Waals surface area contributed by atoms with E-state index < -0.39 is 0 Å². The van der Waals surface area contributed by atoms with Gasteiger partial charge in [0.15, 0.2) is 0 Å². The molecule has 0 spiro atoms. The van der Waals surface area contributed by atoms with Crippen LogP contribution in [0.2, 0.25) is 5.02 Å². The van der Waals surface area contributed by atoms with Gasteiger partial charge in [-0.2, -0.15) is 0 Å². The number of fused-ring (bicyclic) bond motifs is 1. The number of carbonyl (C=O) groups excluding carboxylic acids is 1. The number of benzene rings is 3. The largest absolute Gasteiger partial charge is 0.494 e. The summed E-state index contributed by atoms with van der Waals surface area (Å²) in [7, 11) is 0. The summed E-state index contributed by atoms with van der Waals surface area (Å²) >= 11 is 5.95. The van der Waals surface area contributed by atoms with E-state index >= 15 is 0 Å². The normalized spacial score (nSPS) is 12.1. The Kier molecular flexibility index (Phi) is 8.09. The smallest absolute Gasteiger partial charge is 0.224 e. The number of aromatic nitrogens is 2. The number of hydrogen-bond acceptors (Lipinski definition) is 3. The summed E-state index contributed by atoms with van der Waals surface area (Å²) in [4.78, 5) is 17.5. The molecule has 5 nitrogen and oxygen atoms in total. The van der Waals surface area contributed by atoms with Crippen LogP contribution in [0.1, 0.15) is 56.1 Å². The van der Waals surface area contributed by atoms with Crippen LogP contribution in [0.25, 0.3) is 11.0 Å². The molecule has 0 bridgehead atoms. The molecule has 182 valence electrons. The standard InChI is InChI=1S/C29H32ClN3O2/c1-20(2)23-11-15-25(16-12-23)35-18-6-17-33-27-8-5-4-7-26(27)32-29(33)21(3)31-28(34)19-22-9-13-24(30)14-10-22/h4-5,7-16,20-21H,6,17-19H2,1-3H3,(H,31,34). The third-order valence-electron chi connectivity index (χ3n) is 6.07. The Bertz CT molecular complexity index is 1260. The number of amides is 1. The molecule has 1 aromatic heterocycles. The summed E-state index contributed by atoms with van der Waals surface area (Å²) in [6, 6.07) is 23.5. The molecule has 6 heteroatoms. The highest BCUT2D eigenvalue weighted by atomic mass is 35.5. The van der Waals surface area contributed by atoms with E-state index in [2.05, 4.69) is 41.9 Å². The lowest BCUT2D eigenvalue weighted by Crippen LogP contribution is -2.30. The molecule has 1 amide bonds. The fraction of sp³-hybridized carbons (Fsp3) is 0.310. The number of rotatable bonds is 10. The Morgan fingerprint density at radius 1 is 1.00 bits per heavy atom. The van der Waals surface area contributed by atoms with Crippen LogP contribution < -0.4 is 10.1 Å². The molecular weight excluding hydrogens is 458 g/mol. The molecule has 1 heterocycles.